The molecule has 0 amide bonds. The molecule has 28 heavy (non-hydrogen) atoms. The van der Waals surface area contributed by atoms with Crippen LogP contribution in [0.1, 0.15) is 59.7 Å². The summed E-state index contributed by atoms with van der Waals surface area (Å²) in [5, 5.41) is 7.45. The predicted molar refractivity (Wildman–Crippen MR) is 118 cm³/mol. The molecule has 1 aliphatic rings. The van der Waals surface area contributed by atoms with Crippen molar-refractivity contribution in [1.82, 2.24) is 5.32 Å². The van der Waals surface area contributed by atoms with Crippen LogP contribution in [0.3, 0.4) is 0 Å². The van der Waals surface area contributed by atoms with E-state index in [-0.39, 0.29) is 11.5 Å². The van der Waals surface area contributed by atoms with Crippen molar-refractivity contribution in [2.45, 2.75) is 52.0 Å². The fourth-order valence-electron chi connectivity index (χ4n) is 3.91. The third-order valence-corrected chi connectivity index (χ3v) is 5.70. The summed E-state index contributed by atoms with van der Waals surface area (Å²) >= 11 is 5.65. The Morgan fingerprint density at radius 1 is 1.11 bits per heavy atom. The topological polar surface area (TPSA) is 50.4 Å². The molecule has 2 aromatic carbocycles. The van der Waals surface area contributed by atoms with Gasteiger partial charge in [0, 0.05) is 5.69 Å². The lowest BCUT2D eigenvalue weighted by Crippen LogP contribution is -2.45. The van der Waals surface area contributed by atoms with E-state index in [1.54, 1.807) is 13.0 Å². The number of benzene rings is 2. The molecule has 2 aromatic rings. The van der Waals surface area contributed by atoms with Crippen LogP contribution in [0.4, 0.5) is 5.69 Å². The molecule has 3 rings (SSSR count). The van der Waals surface area contributed by atoms with E-state index >= 15 is 0 Å². The summed E-state index contributed by atoms with van der Waals surface area (Å²) < 4.78 is 5.14. The molecule has 0 spiro atoms. The molecule has 2 N–H and O–H groups in total. The van der Waals surface area contributed by atoms with Crippen LogP contribution in [0.25, 0.3) is 0 Å². The Bertz CT molecular complexity index is 855. The second-order valence-electron chi connectivity index (χ2n) is 7.43. The van der Waals surface area contributed by atoms with Crippen molar-refractivity contribution >= 4 is 29.0 Å². The molecule has 0 aromatic heterocycles. The first-order valence-electron chi connectivity index (χ1n) is 9.88. The maximum absolute atomic E-state index is 12.1. The smallest absolute Gasteiger partial charge is 0.338 e. The monoisotopic (exact) mass is 396 g/mol. The molecule has 0 saturated heterocycles. The summed E-state index contributed by atoms with van der Waals surface area (Å²) in [7, 11) is 0. The van der Waals surface area contributed by atoms with Crippen LogP contribution in [0, 0.1) is 13.8 Å². The molecule has 0 heterocycles. The van der Waals surface area contributed by atoms with Gasteiger partial charge in [-0.25, -0.2) is 4.79 Å². The molecule has 0 aliphatic heterocycles. The summed E-state index contributed by atoms with van der Waals surface area (Å²) in [4.78, 5) is 12.1. The van der Waals surface area contributed by atoms with Gasteiger partial charge in [0.2, 0.25) is 0 Å². The van der Waals surface area contributed by atoms with Gasteiger partial charge in [-0.1, -0.05) is 48.7 Å². The molecule has 1 fully saturated rings. The lowest BCUT2D eigenvalue weighted by molar-refractivity contribution is 0.0525. The second-order valence-corrected chi connectivity index (χ2v) is 7.84. The zero-order chi connectivity index (χ0) is 20.1. The summed E-state index contributed by atoms with van der Waals surface area (Å²) in [5.41, 5.74) is 4.61. The molecule has 0 atom stereocenters. The number of carbonyl (C=O) groups excluding carboxylic acids is 1. The van der Waals surface area contributed by atoms with Crippen molar-refractivity contribution in [1.29, 1.82) is 0 Å². The number of thiocarbonyl (C=S) groups is 1. The van der Waals surface area contributed by atoms with Gasteiger partial charge >= 0.3 is 5.97 Å². The van der Waals surface area contributed by atoms with Crippen molar-refractivity contribution in [3.05, 3.63) is 64.7 Å². The highest BCUT2D eigenvalue weighted by molar-refractivity contribution is 7.80. The van der Waals surface area contributed by atoms with Gasteiger partial charge < -0.3 is 15.4 Å². The van der Waals surface area contributed by atoms with Crippen LogP contribution >= 0.6 is 12.2 Å². The highest BCUT2D eigenvalue weighted by Gasteiger charge is 2.36. The van der Waals surface area contributed by atoms with Crippen molar-refractivity contribution in [3.8, 4) is 0 Å². The van der Waals surface area contributed by atoms with Crippen LogP contribution in [0.2, 0.25) is 0 Å². The van der Waals surface area contributed by atoms with Crippen molar-refractivity contribution in [2.24, 2.45) is 0 Å². The lowest BCUT2D eigenvalue weighted by atomic mass is 9.88. The number of ether oxygens (including phenoxy) is 1. The number of nitrogens with one attached hydrogen (secondary N) is 2. The maximum Gasteiger partial charge on any atom is 0.338 e. The third kappa shape index (κ3) is 4.36. The largest absolute Gasteiger partial charge is 0.462 e. The summed E-state index contributed by atoms with van der Waals surface area (Å²) in [6.07, 6.45) is 4.47. The molecule has 0 unspecified atom stereocenters. The van der Waals surface area contributed by atoms with Crippen LogP contribution in [-0.2, 0) is 10.3 Å². The number of hydrogen-bond acceptors (Lipinski definition) is 3. The minimum atomic E-state index is -0.311. The van der Waals surface area contributed by atoms with Crippen molar-refractivity contribution in [2.75, 3.05) is 11.9 Å². The Labute approximate surface area is 172 Å². The van der Waals surface area contributed by atoms with Crippen LogP contribution < -0.4 is 10.6 Å². The molecular weight excluding hydrogens is 368 g/mol. The number of hydrogen-bond donors (Lipinski definition) is 2. The number of rotatable bonds is 5. The van der Waals surface area contributed by atoms with E-state index in [0.717, 1.165) is 24.1 Å². The van der Waals surface area contributed by atoms with Gasteiger partial charge in [-0.3, -0.25) is 0 Å². The Hall–Kier alpha value is -2.40. The van der Waals surface area contributed by atoms with Crippen LogP contribution in [0.15, 0.2) is 42.5 Å². The Morgan fingerprint density at radius 2 is 1.79 bits per heavy atom. The predicted octanol–water partition coefficient (Wildman–Crippen LogP) is 5.24. The van der Waals surface area contributed by atoms with Gasteiger partial charge in [0.15, 0.2) is 5.11 Å². The minimum Gasteiger partial charge on any atom is -0.462 e. The summed E-state index contributed by atoms with van der Waals surface area (Å²) in [6, 6.07) is 14.3. The van der Waals surface area contributed by atoms with Crippen LogP contribution in [-0.4, -0.2) is 17.7 Å². The normalized spacial score (nSPS) is 15.1. The zero-order valence-electron chi connectivity index (χ0n) is 16.8. The van der Waals surface area contributed by atoms with E-state index in [2.05, 4.69) is 41.8 Å². The second kappa shape index (κ2) is 8.74. The lowest BCUT2D eigenvalue weighted by Gasteiger charge is -2.33. The number of aryl methyl sites for hydroxylation is 1. The number of carbonyl (C=O) groups is 1. The van der Waals surface area contributed by atoms with Gasteiger partial charge in [-0.2, -0.15) is 0 Å². The van der Waals surface area contributed by atoms with Gasteiger partial charge in [-0.05, 0) is 69.1 Å². The van der Waals surface area contributed by atoms with Gasteiger partial charge in [-0.15, -0.1) is 0 Å². The SMILES string of the molecule is CCOC(=O)c1cccc(NC(=S)NC2(c3ccc(C)cc3)CCCC2)c1C. The van der Waals surface area contributed by atoms with E-state index < -0.39 is 0 Å². The Morgan fingerprint density at radius 3 is 2.43 bits per heavy atom. The highest BCUT2D eigenvalue weighted by atomic mass is 32.1. The first-order valence-corrected chi connectivity index (χ1v) is 10.3. The summed E-state index contributed by atoms with van der Waals surface area (Å²) in [5.74, 6) is -0.311. The molecule has 5 heteroatoms. The van der Waals surface area contributed by atoms with E-state index in [1.807, 2.05) is 19.1 Å². The molecule has 0 bridgehead atoms. The average Bonchev–Trinajstić information content (AvgIpc) is 3.13. The van der Waals surface area contributed by atoms with Gasteiger partial charge in [0.05, 0.1) is 17.7 Å². The van der Waals surface area contributed by atoms with Gasteiger partial charge in [0.1, 0.15) is 0 Å². The quantitative estimate of drug-likeness (QED) is 0.535. The standard InChI is InChI=1S/C23H28N2O2S/c1-4-27-21(26)19-8-7-9-20(17(19)3)24-22(28)25-23(14-5-6-15-23)18-12-10-16(2)11-13-18/h7-13H,4-6,14-15H2,1-3H3,(H2,24,25,28). The minimum absolute atomic E-state index is 0.134. The Balaban J connectivity index is 1.78. The highest BCUT2D eigenvalue weighted by Crippen LogP contribution is 2.39. The first-order chi connectivity index (χ1) is 13.4. The van der Waals surface area contributed by atoms with Crippen molar-refractivity contribution < 1.29 is 9.53 Å². The molecule has 1 saturated carbocycles. The number of esters is 1. The first kappa shape index (κ1) is 20.3. The van der Waals surface area contributed by atoms with E-state index in [9.17, 15) is 4.79 Å². The van der Waals surface area contributed by atoms with E-state index in [1.165, 1.54) is 24.0 Å². The summed E-state index contributed by atoms with van der Waals surface area (Å²) in [6.45, 7) is 6.17. The van der Waals surface area contributed by atoms with E-state index in [4.69, 9.17) is 17.0 Å². The molecule has 1 aliphatic carbocycles. The van der Waals surface area contributed by atoms with Gasteiger partial charge in [0.25, 0.3) is 0 Å². The zero-order valence-corrected chi connectivity index (χ0v) is 17.6. The molecule has 148 valence electrons. The van der Waals surface area contributed by atoms with E-state index in [0.29, 0.717) is 17.3 Å². The molecule has 4 nitrogen and oxygen atoms in total. The molecule has 0 radical (unpaired) electrons. The fraction of sp³-hybridized carbons (Fsp3) is 0.391. The number of anilines is 1. The van der Waals surface area contributed by atoms with Crippen molar-refractivity contribution in [3.63, 3.8) is 0 Å². The van der Waals surface area contributed by atoms with Crippen LogP contribution in [0.5, 0.6) is 0 Å². The third-order valence-electron chi connectivity index (χ3n) is 5.49. The molecular formula is C23H28N2O2S. The fourth-order valence-corrected chi connectivity index (χ4v) is 4.21. The average molecular weight is 397 g/mol. The maximum atomic E-state index is 12.1. The Kier molecular flexibility index (Phi) is 6.35.